The monoisotopic (exact) mass is 331 g/mol. The van der Waals surface area contributed by atoms with Crippen molar-refractivity contribution in [3.63, 3.8) is 0 Å². The normalized spacial score (nSPS) is 19.1. The van der Waals surface area contributed by atoms with Crippen molar-refractivity contribution in [2.45, 2.75) is 38.2 Å². The molecule has 1 heterocycles. The van der Waals surface area contributed by atoms with Crippen LogP contribution in [0.3, 0.4) is 0 Å². The Morgan fingerprint density at radius 2 is 1.96 bits per heavy atom. The van der Waals surface area contributed by atoms with E-state index in [0.717, 1.165) is 16.0 Å². The fraction of sp³-hybridized carbons (Fsp3) is 0.467. The van der Waals surface area contributed by atoms with Crippen LogP contribution in [0.1, 0.15) is 18.1 Å². The number of carbonyl (C=O) groups excluding carboxylic acids is 1. The van der Waals surface area contributed by atoms with Gasteiger partial charge in [-0.2, -0.15) is 13.2 Å². The van der Waals surface area contributed by atoms with Crippen molar-refractivity contribution in [1.29, 1.82) is 0 Å². The number of hydrogen-bond acceptors (Lipinski definition) is 3. The van der Waals surface area contributed by atoms with E-state index in [1.165, 1.54) is 6.92 Å². The molecule has 1 N–H and O–H groups in total. The molecule has 0 aromatic heterocycles. The summed E-state index contributed by atoms with van der Waals surface area (Å²) in [5.41, 5.74) is 1.59. The first-order valence-electron chi connectivity index (χ1n) is 6.97. The predicted octanol–water partition coefficient (Wildman–Crippen LogP) is 1.99. The second kappa shape index (κ2) is 6.57. The van der Waals surface area contributed by atoms with E-state index in [1.807, 2.05) is 0 Å². The van der Waals surface area contributed by atoms with Crippen LogP contribution in [0.25, 0.3) is 0 Å². The zero-order valence-corrected chi connectivity index (χ0v) is 12.3. The number of ether oxygens (including phenoxy) is 1. The molecule has 0 saturated carbocycles. The number of carboxylic acid groups (broad SMARTS) is 1. The molecule has 8 heteroatoms. The number of alkyl halides is 3. The molecule has 2 rings (SSSR count). The molecule has 0 aliphatic carbocycles. The molecular formula is C15H16F3NO4. The lowest BCUT2D eigenvalue weighted by molar-refractivity contribution is -0.190. The maximum absolute atomic E-state index is 12.3. The maximum atomic E-state index is 12.3. The Bertz CT molecular complexity index is 603. The number of hydrogen-bond donors (Lipinski definition) is 1. The minimum atomic E-state index is -4.55. The number of halogens is 3. The van der Waals surface area contributed by atoms with Gasteiger partial charge in [-0.1, -0.05) is 24.3 Å². The number of amides is 1. The molecule has 2 unspecified atom stereocenters. The lowest BCUT2D eigenvalue weighted by Gasteiger charge is -2.35. The summed E-state index contributed by atoms with van der Waals surface area (Å²) in [6.07, 6.45) is -5.80. The Morgan fingerprint density at radius 1 is 1.35 bits per heavy atom. The molecule has 0 bridgehead atoms. The van der Waals surface area contributed by atoms with E-state index in [9.17, 15) is 27.9 Å². The first kappa shape index (κ1) is 17.3. The lowest BCUT2D eigenvalue weighted by Crippen LogP contribution is -2.52. The standard InChI is InChI=1S/C15H16F3NO4/c1-9(23-8-15(16,17)18)13(20)19-7-11-5-3-2-4-10(11)6-12(19)14(21)22/h2-5,9,12H,6-8H2,1H3,(H,21,22). The van der Waals surface area contributed by atoms with Gasteiger partial charge in [-0.25, -0.2) is 4.79 Å². The highest BCUT2D eigenvalue weighted by molar-refractivity contribution is 5.87. The van der Waals surface area contributed by atoms with Gasteiger partial charge in [0, 0.05) is 13.0 Å². The smallest absolute Gasteiger partial charge is 0.411 e. The fourth-order valence-corrected chi connectivity index (χ4v) is 2.50. The van der Waals surface area contributed by atoms with E-state index >= 15 is 0 Å². The van der Waals surface area contributed by atoms with Crippen LogP contribution in [-0.4, -0.2) is 46.8 Å². The van der Waals surface area contributed by atoms with Gasteiger partial charge in [0.15, 0.2) is 0 Å². The van der Waals surface area contributed by atoms with Gasteiger partial charge in [0.1, 0.15) is 18.8 Å². The molecule has 1 aromatic rings. The van der Waals surface area contributed by atoms with E-state index in [2.05, 4.69) is 4.74 Å². The summed E-state index contributed by atoms with van der Waals surface area (Å²) in [6, 6.07) is 5.94. The molecule has 0 saturated heterocycles. The number of benzene rings is 1. The Morgan fingerprint density at radius 3 is 2.52 bits per heavy atom. The van der Waals surface area contributed by atoms with E-state index in [-0.39, 0.29) is 13.0 Å². The topological polar surface area (TPSA) is 66.8 Å². The van der Waals surface area contributed by atoms with Crippen LogP contribution < -0.4 is 0 Å². The highest BCUT2D eigenvalue weighted by Crippen LogP contribution is 2.25. The SMILES string of the molecule is CC(OCC(F)(F)F)C(=O)N1Cc2ccccc2CC1C(=O)O. The van der Waals surface area contributed by atoms with Gasteiger partial charge in [0.05, 0.1) is 0 Å². The predicted molar refractivity (Wildman–Crippen MR) is 73.6 cm³/mol. The number of aliphatic carboxylic acids is 1. The molecule has 1 aliphatic heterocycles. The minimum absolute atomic E-state index is 0.0334. The van der Waals surface area contributed by atoms with Crippen LogP contribution >= 0.6 is 0 Å². The Labute approximate surface area is 130 Å². The second-order valence-electron chi connectivity index (χ2n) is 5.36. The van der Waals surface area contributed by atoms with Crippen LogP contribution in [-0.2, 0) is 27.3 Å². The Balaban J connectivity index is 2.15. The Hall–Kier alpha value is -2.09. The van der Waals surface area contributed by atoms with Gasteiger partial charge in [-0.3, -0.25) is 4.79 Å². The number of rotatable bonds is 4. The summed E-state index contributed by atoms with van der Waals surface area (Å²) >= 11 is 0. The van der Waals surface area contributed by atoms with Crippen molar-refractivity contribution in [2.24, 2.45) is 0 Å². The lowest BCUT2D eigenvalue weighted by atomic mass is 9.93. The molecule has 0 spiro atoms. The number of nitrogens with zero attached hydrogens (tertiary/aromatic N) is 1. The maximum Gasteiger partial charge on any atom is 0.411 e. The summed E-state index contributed by atoms with van der Waals surface area (Å²) < 4.78 is 41.1. The quantitative estimate of drug-likeness (QED) is 0.916. The molecule has 2 atom stereocenters. The second-order valence-corrected chi connectivity index (χ2v) is 5.36. The van der Waals surface area contributed by atoms with Crippen LogP contribution in [0.5, 0.6) is 0 Å². The molecule has 0 fully saturated rings. The third-order valence-corrected chi connectivity index (χ3v) is 3.66. The Kier molecular flexibility index (Phi) is 4.93. The van der Waals surface area contributed by atoms with Crippen LogP contribution in [0.15, 0.2) is 24.3 Å². The molecule has 1 amide bonds. The van der Waals surface area contributed by atoms with Gasteiger partial charge in [-0.05, 0) is 18.1 Å². The van der Waals surface area contributed by atoms with Crippen molar-refractivity contribution in [1.82, 2.24) is 4.90 Å². The first-order valence-corrected chi connectivity index (χ1v) is 6.97. The van der Waals surface area contributed by atoms with Crippen molar-refractivity contribution >= 4 is 11.9 Å². The minimum Gasteiger partial charge on any atom is -0.480 e. The molecular weight excluding hydrogens is 315 g/mol. The van der Waals surface area contributed by atoms with Gasteiger partial charge in [0.2, 0.25) is 0 Å². The van der Waals surface area contributed by atoms with E-state index in [0.29, 0.717) is 0 Å². The number of carbonyl (C=O) groups is 2. The molecule has 5 nitrogen and oxygen atoms in total. The van der Waals surface area contributed by atoms with Gasteiger partial charge in [-0.15, -0.1) is 0 Å². The zero-order valence-electron chi connectivity index (χ0n) is 12.3. The average molecular weight is 331 g/mol. The van der Waals surface area contributed by atoms with Gasteiger partial charge >= 0.3 is 12.1 Å². The summed E-state index contributed by atoms with van der Waals surface area (Å²) in [4.78, 5) is 24.8. The third-order valence-electron chi connectivity index (χ3n) is 3.66. The van der Waals surface area contributed by atoms with E-state index in [4.69, 9.17) is 0 Å². The van der Waals surface area contributed by atoms with Crippen LogP contribution in [0.4, 0.5) is 13.2 Å². The van der Waals surface area contributed by atoms with Crippen LogP contribution in [0, 0.1) is 0 Å². The summed E-state index contributed by atoms with van der Waals surface area (Å²) in [7, 11) is 0. The average Bonchev–Trinajstić information content (AvgIpc) is 2.49. The number of carboxylic acids is 1. The highest BCUT2D eigenvalue weighted by Gasteiger charge is 2.37. The summed E-state index contributed by atoms with van der Waals surface area (Å²) in [6.45, 7) is -0.332. The molecule has 1 aliphatic rings. The third kappa shape index (κ3) is 4.22. The van der Waals surface area contributed by atoms with E-state index < -0.39 is 36.8 Å². The highest BCUT2D eigenvalue weighted by atomic mass is 19.4. The number of fused-ring (bicyclic) bond motifs is 1. The molecule has 23 heavy (non-hydrogen) atoms. The molecule has 126 valence electrons. The molecule has 0 radical (unpaired) electrons. The zero-order chi connectivity index (χ0) is 17.2. The van der Waals surface area contributed by atoms with Crippen molar-refractivity contribution in [3.05, 3.63) is 35.4 Å². The molecule has 1 aromatic carbocycles. The van der Waals surface area contributed by atoms with Crippen molar-refractivity contribution < 1.29 is 32.6 Å². The van der Waals surface area contributed by atoms with Crippen molar-refractivity contribution in [3.8, 4) is 0 Å². The van der Waals surface area contributed by atoms with Crippen molar-refractivity contribution in [2.75, 3.05) is 6.61 Å². The largest absolute Gasteiger partial charge is 0.480 e. The van der Waals surface area contributed by atoms with Gasteiger partial charge < -0.3 is 14.7 Å². The van der Waals surface area contributed by atoms with E-state index in [1.54, 1.807) is 24.3 Å². The summed E-state index contributed by atoms with van der Waals surface area (Å²) in [5.74, 6) is -1.97. The first-order chi connectivity index (χ1) is 10.7. The van der Waals surface area contributed by atoms with Crippen LogP contribution in [0.2, 0.25) is 0 Å². The fourth-order valence-electron chi connectivity index (χ4n) is 2.50. The summed E-state index contributed by atoms with van der Waals surface area (Å²) in [5, 5.41) is 9.31. The van der Waals surface area contributed by atoms with Gasteiger partial charge in [0.25, 0.3) is 5.91 Å².